The second-order valence-corrected chi connectivity index (χ2v) is 5.79. The molecule has 26 heavy (non-hydrogen) atoms. The van der Waals surface area contributed by atoms with Gasteiger partial charge in [0.2, 0.25) is 0 Å². The van der Waals surface area contributed by atoms with Crippen molar-refractivity contribution < 1.29 is 9.18 Å². The maximum Gasteiger partial charge on any atom is 0.364 e. The van der Waals surface area contributed by atoms with E-state index < -0.39 is 17.5 Å². The van der Waals surface area contributed by atoms with Crippen molar-refractivity contribution in [2.45, 2.75) is 13.1 Å². The van der Waals surface area contributed by atoms with E-state index in [1.807, 2.05) is 0 Å². The molecule has 0 bridgehead atoms. The fourth-order valence-corrected chi connectivity index (χ4v) is 2.97. The van der Waals surface area contributed by atoms with Gasteiger partial charge in [-0.2, -0.15) is 14.9 Å². The molecule has 1 aliphatic rings. The normalized spacial score (nSPS) is 12.9. The Morgan fingerprint density at radius 3 is 2.58 bits per heavy atom. The summed E-state index contributed by atoms with van der Waals surface area (Å²) in [4.78, 5) is 30.4. The number of rotatable bonds is 3. The number of anilines is 1. The topological polar surface area (TPSA) is 83.9 Å². The maximum absolute atomic E-state index is 13.1. The number of amides is 1. The quantitative estimate of drug-likeness (QED) is 0.725. The third-order valence-corrected chi connectivity index (χ3v) is 4.24. The van der Waals surface area contributed by atoms with Gasteiger partial charge in [-0.1, -0.05) is 18.2 Å². The van der Waals surface area contributed by atoms with E-state index >= 15 is 0 Å². The molecule has 7 nitrogen and oxygen atoms in total. The summed E-state index contributed by atoms with van der Waals surface area (Å²) in [6.45, 7) is 0.172. The molecule has 0 saturated carbocycles. The van der Waals surface area contributed by atoms with Crippen molar-refractivity contribution in [2.75, 3.05) is 4.90 Å². The van der Waals surface area contributed by atoms with Crippen LogP contribution in [0, 0.1) is 17.1 Å². The lowest BCUT2D eigenvalue weighted by molar-refractivity contribution is 0.244. The van der Waals surface area contributed by atoms with E-state index in [0.717, 1.165) is 0 Å². The van der Waals surface area contributed by atoms with Crippen molar-refractivity contribution in [3.05, 3.63) is 81.8 Å². The van der Waals surface area contributed by atoms with E-state index in [9.17, 15) is 19.2 Å². The molecule has 0 fully saturated rings. The van der Waals surface area contributed by atoms with Crippen LogP contribution in [0.5, 0.6) is 0 Å². The van der Waals surface area contributed by atoms with Crippen molar-refractivity contribution in [3.63, 3.8) is 0 Å². The molecule has 0 spiro atoms. The largest absolute Gasteiger partial charge is 0.364 e. The van der Waals surface area contributed by atoms with Gasteiger partial charge >= 0.3 is 11.7 Å². The zero-order valence-corrected chi connectivity index (χ0v) is 13.5. The zero-order chi connectivity index (χ0) is 18.3. The molecule has 2 aromatic carbocycles. The molecule has 128 valence electrons. The molecule has 0 N–H and O–H groups in total. The summed E-state index contributed by atoms with van der Waals surface area (Å²) in [5, 5.41) is 9.21. The van der Waals surface area contributed by atoms with Crippen molar-refractivity contribution in [1.82, 2.24) is 14.3 Å². The number of aromatic nitrogens is 3. The lowest BCUT2D eigenvalue weighted by Crippen LogP contribution is -2.34. The first-order chi connectivity index (χ1) is 12.6. The van der Waals surface area contributed by atoms with Gasteiger partial charge in [0.05, 0.1) is 24.7 Å². The highest BCUT2D eigenvalue weighted by molar-refractivity contribution is 5.95. The molecule has 3 aromatic rings. The molecule has 1 aliphatic heterocycles. The predicted molar refractivity (Wildman–Crippen MR) is 90.1 cm³/mol. The highest BCUT2D eigenvalue weighted by Gasteiger charge is 2.33. The van der Waals surface area contributed by atoms with Crippen LogP contribution in [-0.2, 0) is 13.1 Å². The third-order valence-electron chi connectivity index (χ3n) is 4.24. The summed E-state index contributed by atoms with van der Waals surface area (Å²) in [5.74, 6) is -0.0954. The van der Waals surface area contributed by atoms with Gasteiger partial charge in [-0.15, -0.1) is 0 Å². The van der Waals surface area contributed by atoms with Crippen molar-refractivity contribution >= 4 is 11.7 Å². The van der Waals surface area contributed by atoms with Crippen LogP contribution in [-0.4, -0.2) is 20.4 Å². The minimum Gasteiger partial charge on any atom is -0.285 e. The van der Waals surface area contributed by atoms with E-state index in [1.165, 1.54) is 38.5 Å². The lowest BCUT2D eigenvalue weighted by Gasteiger charge is -2.16. The maximum atomic E-state index is 13.1. The number of hydrogen-bond donors (Lipinski definition) is 0. The van der Waals surface area contributed by atoms with Crippen molar-refractivity contribution in [2.24, 2.45) is 0 Å². The van der Waals surface area contributed by atoms with Gasteiger partial charge in [-0.05, 0) is 35.9 Å². The molecule has 0 unspecified atom stereocenters. The van der Waals surface area contributed by atoms with Crippen LogP contribution in [0.1, 0.15) is 17.0 Å². The summed E-state index contributed by atoms with van der Waals surface area (Å²) >= 11 is 0. The summed E-state index contributed by atoms with van der Waals surface area (Å²) in [7, 11) is 0. The Balaban J connectivity index is 1.72. The Bertz CT molecular complexity index is 1110. The van der Waals surface area contributed by atoms with Gasteiger partial charge in [0.25, 0.3) is 0 Å². The number of benzene rings is 2. The number of halogens is 1. The van der Waals surface area contributed by atoms with Gasteiger partial charge in [0.1, 0.15) is 5.82 Å². The van der Waals surface area contributed by atoms with Crippen LogP contribution in [0.25, 0.3) is 0 Å². The minimum absolute atomic E-state index is 0.0541. The van der Waals surface area contributed by atoms with Crippen LogP contribution in [0.3, 0.4) is 0 Å². The molecular weight excluding hydrogens is 337 g/mol. The van der Waals surface area contributed by atoms with E-state index in [-0.39, 0.29) is 13.1 Å². The van der Waals surface area contributed by atoms with Crippen molar-refractivity contribution in [3.8, 4) is 6.07 Å². The van der Waals surface area contributed by atoms with E-state index in [0.29, 0.717) is 22.6 Å². The number of hydrogen-bond acceptors (Lipinski definition) is 4. The second kappa shape index (κ2) is 5.97. The Labute approximate surface area is 147 Å². The average Bonchev–Trinajstić information content (AvgIpc) is 3.12. The molecule has 0 saturated heterocycles. The first-order valence-electron chi connectivity index (χ1n) is 7.82. The zero-order valence-electron chi connectivity index (χ0n) is 13.5. The van der Waals surface area contributed by atoms with E-state index in [2.05, 4.69) is 11.1 Å². The summed E-state index contributed by atoms with van der Waals surface area (Å²) in [6, 6.07) is 14.0. The van der Waals surface area contributed by atoms with Crippen LogP contribution < -0.4 is 10.6 Å². The number of nitrogens with zero attached hydrogens (tertiary/aromatic N) is 5. The molecular formula is C18H12FN5O2. The third kappa shape index (κ3) is 2.46. The highest BCUT2D eigenvalue weighted by Crippen LogP contribution is 2.23. The molecule has 1 aromatic heterocycles. The van der Waals surface area contributed by atoms with Crippen LogP contribution in [0.4, 0.5) is 14.9 Å². The van der Waals surface area contributed by atoms with Crippen LogP contribution >= 0.6 is 0 Å². The fourth-order valence-electron chi connectivity index (χ4n) is 2.97. The summed E-state index contributed by atoms with van der Waals surface area (Å²) in [6.07, 6.45) is 0. The van der Waals surface area contributed by atoms with E-state index in [4.69, 9.17) is 0 Å². The minimum atomic E-state index is -0.556. The van der Waals surface area contributed by atoms with Gasteiger partial charge in [0, 0.05) is 5.69 Å². The fraction of sp³-hybridized carbons (Fsp3) is 0.111. The monoisotopic (exact) mass is 349 g/mol. The van der Waals surface area contributed by atoms with Gasteiger partial charge in [-0.25, -0.2) is 18.7 Å². The molecule has 8 heteroatoms. The molecule has 0 aliphatic carbocycles. The summed E-state index contributed by atoms with van der Waals surface area (Å²) < 4.78 is 15.5. The Hall–Kier alpha value is -3.73. The standard InChI is InChI=1S/C18H12FN5O2/c19-14-5-7-15(8-6-14)22-11-16-21-17(25)23(24(16)18(22)26)10-13-4-2-1-3-12(13)9-20/h1-8H,10-11H2. The lowest BCUT2D eigenvalue weighted by atomic mass is 10.1. The average molecular weight is 349 g/mol. The number of carbonyl (C=O) groups is 1. The number of fused-ring (bicyclic) bond motifs is 1. The second-order valence-electron chi connectivity index (χ2n) is 5.79. The number of nitriles is 1. The van der Waals surface area contributed by atoms with E-state index in [1.54, 1.807) is 24.3 Å². The van der Waals surface area contributed by atoms with Gasteiger partial charge < -0.3 is 0 Å². The molecule has 1 amide bonds. The highest BCUT2D eigenvalue weighted by atomic mass is 19.1. The Morgan fingerprint density at radius 2 is 1.85 bits per heavy atom. The molecule has 0 radical (unpaired) electrons. The smallest absolute Gasteiger partial charge is 0.285 e. The van der Waals surface area contributed by atoms with Gasteiger partial charge in [-0.3, -0.25) is 4.90 Å². The Morgan fingerprint density at radius 1 is 1.12 bits per heavy atom. The molecule has 0 atom stereocenters. The van der Waals surface area contributed by atoms with Crippen molar-refractivity contribution in [1.29, 1.82) is 5.26 Å². The SMILES string of the molecule is N#Cc1ccccc1Cn1c(=O)nc2n1C(=O)N(c1ccc(F)cc1)C2. The first kappa shape index (κ1) is 15.8. The van der Waals surface area contributed by atoms with Crippen LogP contribution in [0.2, 0.25) is 0 Å². The predicted octanol–water partition coefficient (Wildman–Crippen LogP) is 2.09. The molecule has 2 heterocycles. The van der Waals surface area contributed by atoms with Gasteiger partial charge in [0.15, 0.2) is 5.82 Å². The van der Waals surface area contributed by atoms with Crippen LogP contribution in [0.15, 0.2) is 53.3 Å². The molecule has 4 rings (SSSR count). The summed E-state index contributed by atoms with van der Waals surface area (Å²) in [5.41, 5.74) is 1.00. The first-order valence-corrected chi connectivity index (χ1v) is 7.82. The Kier molecular flexibility index (Phi) is 3.62. The number of carbonyl (C=O) groups excluding carboxylic acids is 1.